The van der Waals surface area contributed by atoms with Gasteiger partial charge >= 0.3 is 0 Å². The molecule has 2 aliphatic rings. The molecule has 17 heavy (non-hydrogen) atoms. The predicted octanol–water partition coefficient (Wildman–Crippen LogP) is 1.23. The third kappa shape index (κ3) is 2.34. The molecule has 0 saturated carbocycles. The van der Waals surface area contributed by atoms with E-state index in [2.05, 4.69) is 0 Å². The zero-order chi connectivity index (χ0) is 12.5. The molecule has 2 aliphatic carbocycles. The molecular formula is C12H10O4S. The molecule has 0 unspecified atom stereocenters. The predicted molar refractivity (Wildman–Crippen MR) is 62.6 cm³/mol. The molecule has 0 fully saturated rings. The van der Waals surface area contributed by atoms with Crippen LogP contribution in [0.3, 0.4) is 0 Å². The minimum absolute atomic E-state index is 0.0982. The smallest absolute Gasteiger partial charge is 0.205 e. The number of carbonyl (C=O) groups excluding carboxylic acids is 2. The molecule has 5 heteroatoms. The van der Waals surface area contributed by atoms with Gasteiger partial charge in [0, 0.05) is 12.8 Å². The molecular weight excluding hydrogens is 240 g/mol. The Kier molecular flexibility index (Phi) is 2.93. The van der Waals surface area contributed by atoms with Crippen molar-refractivity contribution < 1.29 is 18.0 Å². The lowest BCUT2D eigenvalue weighted by molar-refractivity contribution is -0.114. The normalized spacial score (nSPS) is 20.2. The molecule has 0 aliphatic heterocycles. The fourth-order valence-electron chi connectivity index (χ4n) is 1.56. The summed E-state index contributed by atoms with van der Waals surface area (Å²) in [6.07, 6.45) is 8.09. The van der Waals surface area contributed by atoms with Crippen molar-refractivity contribution in [2.45, 2.75) is 12.8 Å². The molecule has 0 atom stereocenters. The Balaban J connectivity index is 2.33. The van der Waals surface area contributed by atoms with E-state index < -0.39 is 9.84 Å². The molecule has 0 saturated heterocycles. The van der Waals surface area contributed by atoms with Gasteiger partial charge in [0.15, 0.2) is 11.6 Å². The van der Waals surface area contributed by atoms with Gasteiger partial charge in [-0.3, -0.25) is 9.59 Å². The van der Waals surface area contributed by atoms with Crippen molar-refractivity contribution in [3.63, 3.8) is 0 Å². The van der Waals surface area contributed by atoms with E-state index in [-0.39, 0.29) is 34.2 Å². The van der Waals surface area contributed by atoms with Crippen molar-refractivity contribution in [2.75, 3.05) is 0 Å². The van der Waals surface area contributed by atoms with E-state index in [4.69, 9.17) is 0 Å². The highest BCUT2D eigenvalue weighted by Gasteiger charge is 2.23. The number of ketones is 2. The first-order valence-corrected chi connectivity index (χ1v) is 6.56. The standard InChI is InChI=1S/C12H10O4S/c13-9-1-5-11(6-2-9)17(15,16)12-7-3-10(14)4-8-12/h1,3,5-8H,2,4H2. The van der Waals surface area contributed by atoms with Crippen molar-refractivity contribution in [3.05, 3.63) is 46.3 Å². The Bertz CT molecular complexity index is 552. The van der Waals surface area contributed by atoms with Crippen molar-refractivity contribution >= 4 is 21.4 Å². The maximum Gasteiger partial charge on any atom is 0.205 e. The van der Waals surface area contributed by atoms with Crippen LogP contribution in [0.15, 0.2) is 46.3 Å². The fraction of sp³-hybridized carbons (Fsp3) is 0.167. The quantitative estimate of drug-likeness (QED) is 0.739. The van der Waals surface area contributed by atoms with E-state index >= 15 is 0 Å². The van der Waals surface area contributed by atoms with Crippen LogP contribution in [0.2, 0.25) is 0 Å². The van der Waals surface area contributed by atoms with Gasteiger partial charge in [-0.1, -0.05) is 12.2 Å². The average molecular weight is 250 g/mol. The number of rotatable bonds is 2. The first-order valence-electron chi connectivity index (χ1n) is 5.07. The molecule has 0 amide bonds. The lowest BCUT2D eigenvalue weighted by Crippen LogP contribution is -2.11. The first-order chi connectivity index (χ1) is 8.00. The van der Waals surface area contributed by atoms with Crippen LogP contribution >= 0.6 is 0 Å². The lowest BCUT2D eigenvalue weighted by atomic mass is 10.2. The van der Waals surface area contributed by atoms with E-state index in [1.54, 1.807) is 0 Å². The summed E-state index contributed by atoms with van der Waals surface area (Å²) < 4.78 is 24.2. The second-order valence-electron chi connectivity index (χ2n) is 3.72. The minimum atomic E-state index is -3.59. The Morgan fingerprint density at radius 2 is 1.18 bits per heavy atom. The number of hydrogen-bond acceptors (Lipinski definition) is 4. The van der Waals surface area contributed by atoms with E-state index in [0.717, 1.165) is 0 Å². The first kappa shape index (κ1) is 11.7. The Morgan fingerprint density at radius 3 is 1.47 bits per heavy atom. The summed E-state index contributed by atoms with van der Waals surface area (Å²) >= 11 is 0. The van der Waals surface area contributed by atoms with Gasteiger partial charge in [0.2, 0.25) is 9.84 Å². The SMILES string of the molecule is O=C1C=CC(S(=O)(=O)C2=CCC(=O)C=C2)=CC1. The molecule has 0 radical (unpaired) electrons. The maximum absolute atomic E-state index is 12.1. The zero-order valence-electron chi connectivity index (χ0n) is 8.92. The lowest BCUT2D eigenvalue weighted by Gasteiger charge is -2.10. The Labute approximate surface area is 98.9 Å². The average Bonchev–Trinajstić information content (AvgIpc) is 2.30. The van der Waals surface area contributed by atoms with Gasteiger partial charge in [-0.05, 0) is 24.3 Å². The van der Waals surface area contributed by atoms with Crippen LogP contribution in [0.5, 0.6) is 0 Å². The molecule has 0 spiro atoms. The van der Waals surface area contributed by atoms with Crippen LogP contribution in [0, 0.1) is 0 Å². The number of sulfone groups is 1. The van der Waals surface area contributed by atoms with Crippen molar-refractivity contribution in [3.8, 4) is 0 Å². The van der Waals surface area contributed by atoms with Gasteiger partial charge in [0.1, 0.15) is 0 Å². The molecule has 4 nitrogen and oxygen atoms in total. The summed E-state index contributed by atoms with van der Waals surface area (Å²) in [5, 5.41) is 0. The summed E-state index contributed by atoms with van der Waals surface area (Å²) in [7, 11) is -3.59. The summed E-state index contributed by atoms with van der Waals surface area (Å²) in [5.41, 5.74) is 0. The Morgan fingerprint density at radius 1 is 0.765 bits per heavy atom. The van der Waals surface area contributed by atoms with E-state index in [9.17, 15) is 18.0 Å². The van der Waals surface area contributed by atoms with E-state index in [0.29, 0.717) is 0 Å². The molecule has 0 bridgehead atoms. The van der Waals surface area contributed by atoms with Crippen molar-refractivity contribution in [1.82, 2.24) is 0 Å². The highest BCUT2D eigenvalue weighted by Crippen LogP contribution is 2.24. The van der Waals surface area contributed by atoms with Gasteiger partial charge in [0.25, 0.3) is 0 Å². The third-order valence-electron chi connectivity index (χ3n) is 2.50. The van der Waals surface area contributed by atoms with Gasteiger partial charge in [-0.15, -0.1) is 0 Å². The fourth-order valence-corrected chi connectivity index (χ4v) is 2.93. The molecule has 0 N–H and O–H groups in total. The van der Waals surface area contributed by atoms with Gasteiger partial charge in [-0.25, -0.2) is 8.42 Å². The monoisotopic (exact) mass is 250 g/mol. The minimum Gasteiger partial charge on any atom is -0.295 e. The van der Waals surface area contributed by atoms with Gasteiger partial charge in [0.05, 0.1) is 9.81 Å². The topological polar surface area (TPSA) is 68.3 Å². The molecule has 88 valence electrons. The van der Waals surface area contributed by atoms with Gasteiger partial charge < -0.3 is 0 Å². The van der Waals surface area contributed by atoms with Crippen LogP contribution in [0.25, 0.3) is 0 Å². The largest absolute Gasteiger partial charge is 0.295 e. The highest BCUT2D eigenvalue weighted by molar-refractivity contribution is 7.99. The van der Waals surface area contributed by atoms with Crippen LogP contribution in [0.4, 0.5) is 0 Å². The number of carbonyl (C=O) groups is 2. The van der Waals surface area contributed by atoms with E-state index in [1.807, 2.05) is 0 Å². The molecule has 2 rings (SSSR count). The van der Waals surface area contributed by atoms with Crippen LogP contribution < -0.4 is 0 Å². The second kappa shape index (κ2) is 4.25. The number of hydrogen-bond donors (Lipinski definition) is 0. The van der Waals surface area contributed by atoms with Crippen LogP contribution in [-0.2, 0) is 19.4 Å². The summed E-state index contributed by atoms with van der Waals surface area (Å²) in [5.74, 6) is -0.236. The Hall–Kier alpha value is -1.75. The second-order valence-corrected chi connectivity index (χ2v) is 5.67. The highest BCUT2D eigenvalue weighted by atomic mass is 32.2. The van der Waals surface area contributed by atoms with Crippen molar-refractivity contribution in [2.24, 2.45) is 0 Å². The molecule has 0 aromatic heterocycles. The third-order valence-corrected chi connectivity index (χ3v) is 4.34. The van der Waals surface area contributed by atoms with Crippen LogP contribution in [-0.4, -0.2) is 20.0 Å². The number of allylic oxidation sites excluding steroid dienone is 6. The molecule has 0 aromatic carbocycles. The zero-order valence-corrected chi connectivity index (χ0v) is 9.74. The maximum atomic E-state index is 12.1. The van der Waals surface area contributed by atoms with E-state index in [1.165, 1.54) is 36.5 Å². The molecule has 0 heterocycles. The molecule has 0 aromatic rings. The summed E-state index contributed by atoms with van der Waals surface area (Å²) in [6, 6.07) is 0. The van der Waals surface area contributed by atoms with Crippen molar-refractivity contribution in [1.29, 1.82) is 0 Å². The summed E-state index contributed by atoms with van der Waals surface area (Å²) in [4.78, 5) is 22.1. The summed E-state index contributed by atoms with van der Waals surface area (Å²) in [6.45, 7) is 0. The van der Waals surface area contributed by atoms with Gasteiger partial charge in [-0.2, -0.15) is 0 Å². The van der Waals surface area contributed by atoms with Crippen LogP contribution in [0.1, 0.15) is 12.8 Å².